The minimum Gasteiger partial charge on any atom is -0.355 e. The smallest absolute Gasteiger partial charge is 0.233 e. The largest absolute Gasteiger partial charge is 0.355 e. The van der Waals surface area contributed by atoms with Gasteiger partial charge in [0, 0.05) is 17.8 Å². The number of ketones is 1. The van der Waals surface area contributed by atoms with E-state index >= 15 is 0 Å². The van der Waals surface area contributed by atoms with Crippen LogP contribution < -0.4 is 10.6 Å². The van der Waals surface area contributed by atoms with Gasteiger partial charge in [0.05, 0.1) is 0 Å². The van der Waals surface area contributed by atoms with E-state index in [9.17, 15) is 14.4 Å². The second-order valence-corrected chi connectivity index (χ2v) is 5.06. The lowest BCUT2D eigenvalue weighted by atomic mass is 10.1. The monoisotopic (exact) mass is 276 g/mol. The maximum atomic E-state index is 11.7. The van der Waals surface area contributed by atoms with Crippen LogP contribution in [0.5, 0.6) is 0 Å². The minimum absolute atomic E-state index is 0.0734. The van der Waals surface area contributed by atoms with Gasteiger partial charge in [-0.25, -0.2) is 0 Å². The highest BCUT2D eigenvalue weighted by Gasteiger charge is 2.10. The number of hydrogen-bond donors (Lipinski definition) is 2. The van der Waals surface area contributed by atoms with Gasteiger partial charge in [-0.3, -0.25) is 14.4 Å². The summed E-state index contributed by atoms with van der Waals surface area (Å²) in [7, 11) is 0. The number of benzene rings is 1. The molecule has 1 aromatic rings. The van der Waals surface area contributed by atoms with Gasteiger partial charge in [0.25, 0.3) is 0 Å². The van der Waals surface area contributed by atoms with Crippen LogP contribution in [0.15, 0.2) is 24.3 Å². The Balaban J connectivity index is 2.52. The third-order valence-electron chi connectivity index (χ3n) is 2.58. The molecule has 5 heteroatoms. The summed E-state index contributed by atoms with van der Waals surface area (Å²) < 4.78 is 0. The van der Waals surface area contributed by atoms with Gasteiger partial charge in [-0.05, 0) is 25.0 Å². The highest BCUT2D eigenvalue weighted by Crippen LogP contribution is 2.11. The number of amides is 2. The molecule has 2 N–H and O–H groups in total. The highest BCUT2D eigenvalue weighted by atomic mass is 16.2. The van der Waals surface area contributed by atoms with Crippen molar-refractivity contribution in [2.24, 2.45) is 5.92 Å². The van der Waals surface area contributed by atoms with Gasteiger partial charge < -0.3 is 10.6 Å². The van der Waals surface area contributed by atoms with E-state index in [4.69, 9.17) is 0 Å². The zero-order valence-electron chi connectivity index (χ0n) is 12.0. The lowest BCUT2D eigenvalue weighted by Crippen LogP contribution is -2.30. The summed E-state index contributed by atoms with van der Waals surface area (Å²) in [6.45, 7) is 5.97. The molecule has 0 saturated heterocycles. The molecule has 1 rings (SSSR count). The van der Waals surface area contributed by atoms with Gasteiger partial charge in [-0.15, -0.1) is 0 Å². The molecule has 0 heterocycles. The lowest BCUT2D eigenvalue weighted by molar-refractivity contribution is -0.126. The summed E-state index contributed by atoms with van der Waals surface area (Å²) in [4.78, 5) is 34.4. The SMILES string of the molecule is CC(=O)c1cccc(NC(=O)CC(=O)NCC(C)C)c1. The first-order chi connectivity index (χ1) is 9.38. The summed E-state index contributed by atoms with van der Waals surface area (Å²) in [5.41, 5.74) is 1.03. The van der Waals surface area contributed by atoms with Gasteiger partial charge in [0.2, 0.25) is 11.8 Å². The average Bonchev–Trinajstić information content (AvgIpc) is 2.36. The molecule has 0 saturated carbocycles. The van der Waals surface area contributed by atoms with Crippen LogP contribution in [-0.2, 0) is 9.59 Å². The molecule has 0 aliphatic heterocycles. The molecule has 0 aliphatic rings. The third-order valence-corrected chi connectivity index (χ3v) is 2.58. The Labute approximate surface area is 118 Å². The van der Waals surface area contributed by atoms with E-state index in [2.05, 4.69) is 10.6 Å². The summed E-state index contributed by atoms with van der Waals surface area (Å²) in [5, 5.41) is 5.28. The zero-order valence-corrected chi connectivity index (χ0v) is 12.0. The summed E-state index contributed by atoms with van der Waals surface area (Å²) in [6, 6.07) is 6.63. The van der Waals surface area contributed by atoms with Gasteiger partial charge in [-0.2, -0.15) is 0 Å². The molecule has 20 heavy (non-hydrogen) atoms. The topological polar surface area (TPSA) is 75.3 Å². The average molecular weight is 276 g/mol. The Morgan fingerprint density at radius 3 is 2.45 bits per heavy atom. The van der Waals surface area contributed by atoms with E-state index in [1.807, 2.05) is 13.8 Å². The molecular formula is C15H20N2O3. The molecule has 2 amide bonds. The van der Waals surface area contributed by atoms with E-state index in [1.54, 1.807) is 24.3 Å². The first-order valence-corrected chi connectivity index (χ1v) is 6.56. The molecule has 0 fully saturated rings. The van der Waals surface area contributed by atoms with Crippen LogP contribution >= 0.6 is 0 Å². The molecule has 0 aromatic heterocycles. The fourth-order valence-corrected chi connectivity index (χ4v) is 1.55. The first-order valence-electron chi connectivity index (χ1n) is 6.56. The third kappa shape index (κ3) is 5.65. The van der Waals surface area contributed by atoms with Crippen LogP contribution in [0.2, 0.25) is 0 Å². The number of hydrogen-bond acceptors (Lipinski definition) is 3. The van der Waals surface area contributed by atoms with E-state index < -0.39 is 5.91 Å². The molecule has 5 nitrogen and oxygen atoms in total. The minimum atomic E-state index is -0.396. The number of anilines is 1. The fraction of sp³-hybridized carbons (Fsp3) is 0.400. The molecule has 0 unspecified atom stereocenters. The molecule has 1 aromatic carbocycles. The summed E-state index contributed by atoms with van der Waals surface area (Å²) >= 11 is 0. The lowest BCUT2D eigenvalue weighted by Gasteiger charge is -2.08. The molecule has 0 radical (unpaired) electrons. The normalized spacial score (nSPS) is 10.2. The van der Waals surface area contributed by atoms with E-state index in [-0.39, 0.29) is 18.1 Å². The molecule has 0 atom stereocenters. The molecule has 0 aliphatic carbocycles. The van der Waals surface area contributed by atoms with Crippen LogP contribution in [0.4, 0.5) is 5.69 Å². The summed E-state index contributed by atoms with van der Waals surface area (Å²) in [6.07, 6.45) is -0.225. The number of carbonyl (C=O) groups is 3. The quantitative estimate of drug-likeness (QED) is 0.616. The van der Waals surface area contributed by atoms with E-state index in [0.29, 0.717) is 23.7 Å². The standard InChI is InChI=1S/C15H20N2O3/c1-10(2)9-16-14(19)8-15(20)17-13-6-4-5-12(7-13)11(3)18/h4-7,10H,8-9H2,1-3H3,(H,16,19)(H,17,20). The van der Waals surface area contributed by atoms with Crippen molar-refractivity contribution < 1.29 is 14.4 Å². The van der Waals surface area contributed by atoms with E-state index in [0.717, 1.165) is 0 Å². The van der Waals surface area contributed by atoms with Crippen LogP contribution in [0.3, 0.4) is 0 Å². The number of nitrogens with one attached hydrogen (secondary N) is 2. The van der Waals surface area contributed by atoms with Crippen LogP contribution in [0, 0.1) is 5.92 Å². The van der Waals surface area contributed by atoms with Crippen molar-refractivity contribution in [1.82, 2.24) is 5.32 Å². The van der Waals surface area contributed by atoms with Crippen molar-refractivity contribution in [1.29, 1.82) is 0 Å². The second-order valence-electron chi connectivity index (χ2n) is 5.06. The van der Waals surface area contributed by atoms with Crippen molar-refractivity contribution in [3.8, 4) is 0 Å². The van der Waals surface area contributed by atoms with Gasteiger partial charge >= 0.3 is 0 Å². The van der Waals surface area contributed by atoms with Crippen molar-refractivity contribution in [3.63, 3.8) is 0 Å². The van der Waals surface area contributed by atoms with Gasteiger partial charge in [-0.1, -0.05) is 26.0 Å². The maximum Gasteiger partial charge on any atom is 0.233 e. The predicted octanol–water partition coefficient (Wildman–Crippen LogP) is 1.99. The van der Waals surface area contributed by atoms with Crippen LogP contribution in [0.1, 0.15) is 37.6 Å². The second kappa shape index (κ2) is 7.43. The summed E-state index contributed by atoms with van der Waals surface area (Å²) in [5.74, 6) is -0.434. The molecule has 0 bridgehead atoms. The zero-order chi connectivity index (χ0) is 15.1. The van der Waals surface area contributed by atoms with Crippen LogP contribution in [0.25, 0.3) is 0 Å². The highest BCUT2D eigenvalue weighted by molar-refractivity contribution is 6.04. The Bertz CT molecular complexity index is 510. The molecule has 108 valence electrons. The Morgan fingerprint density at radius 2 is 1.85 bits per heavy atom. The fourth-order valence-electron chi connectivity index (χ4n) is 1.55. The Hall–Kier alpha value is -2.17. The first kappa shape index (κ1) is 15.9. The number of carbonyl (C=O) groups excluding carboxylic acids is 3. The Kier molecular flexibility index (Phi) is 5.90. The number of rotatable bonds is 6. The Morgan fingerprint density at radius 1 is 1.15 bits per heavy atom. The van der Waals surface area contributed by atoms with Gasteiger partial charge in [0.1, 0.15) is 6.42 Å². The maximum absolute atomic E-state index is 11.7. The van der Waals surface area contributed by atoms with Crippen molar-refractivity contribution in [2.45, 2.75) is 27.2 Å². The predicted molar refractivity (Wildman–Crippen MR) is 77.5 cm³/mol. The van der Waals surface area contributed by atoms with E-state index in [1.165, 1.54) is 6.92 Å². The number of Topliss-reactive ketones (excluding diaryl/α,β-unsaturated/α-hetero) is 1. The van der Waals surface area contributed by atoms with Gasteiger partial charge in [0.15, 0.2) is 5.78 Å². The van der Waals surface area contributed by atoms with Crippen LogP contribution in [-0.4, -0.2) is 24.1 Å². The van der Waals surface area contributed by atoms with Crippen molar-refractivity contribution in [3.05, 3.63) is 29.8 Å². The van der Waals surface area contributed by atoms with Crippen molar-refractivity contribution in [2.75, 3.05) is 11.9 Å². The molecular weight excluding hydrogens is 256 g/mol. The molecule has 0 spiro atoms. The van der Waals surface area contributed by atoms with Crippen molar-refractivity contribution >= 4 is 23.3 Å².